The van der Waals surface area contributed by atoms with Gasteiger partial charge in [-0.3, -0.25) is 4.90 Å². The van der Waals surface area contributed by atoms with Crippen LogP contribution in [0.4, 0.5) is 27.9 Å². The van der Waals surface area contributed by atoms with Gasteiger partial charge in [-0.05, 0) is 12.8 Å². The van der Waals surface area contributed by atoms with E-state index in [4.69, 9.17) is 5.73 Å². The number of halogens is 5. The second-order valence-electron chi connectivity index (χ2n) is 5.89. The quantitative estimate of drug-likeness (QED) is 0.851. The lowest BCUT2D eigenvalue weighted by Crippen LogP contribution is -2.60. The third kappa shape index (κ3) is 2.73. The van der Waals surface area contributed by atoms with Gasteiger partial charge in [-0.2, -0.15) is 13.2 Å². The molecule has 1 saturated carbocycles. The zero-order valence-corrected chi connectivity index (χ0v) is 11.6. The summed E-state index contributed by atoms with van der Waals surface area (Å²) in [5, 5.41) is 0. The van der Waals surface area contributed by atoms with Gasteiger partial charge in [0.05, 0.1) is 24.3 Å². The maximum absolute atomic E-state index is 13.1. The van der Waals surface area contributed by atoms with Crippen LogP contribution in [-0.4, -0.2) is 39.9 Å². The zero-order valence-electron chi connectivity index (χ0n) is 11.6. The second kappa shape index (κ2) is 5.00. The summed E-state index contributed by atoms with van der Waals surface area (Å²) in [6.07, 6.45) is -2.17. The van der Waals surface area contributed by atoms with Crippen LogP contribution in [0, 0.1) is 0 Å². The van der Waals surface area contributed by atoms with Crippen LogP contribution in [0.15, 0.2) is 6.20 Å². The first-order valence-corrected chi connectivity index (χ1v) is 6.99. The fourth-order valence-corrected chi connectivity index (χ4v) is 3.39. The molecule has 0 bridgehead atoms. The summed E-state index contributed by atoms with van der Waals surface area (Å²) >= 11 is 0. The summed E-state index contributed by atoms with van der Waals surface area (Å²) in [5.74, 6) is -3.52. The minimum Gasteiger partial charge on any atom is -0.368 e. The molecule has 1 aromatic rings. The van der Waals surface area contributed by atoms with E-state index in [1.165, 1.54) is 4.90 Å². The van der Waals surface area contributed by atoms with Gasteiger partial charge < -0.3 is 5.73 Å². The Labute approximate surface area is 123 Å². The monoisotopic (exact) mass is 322 g/mol. The molecule has 1 aliphatic heterocycles. The average Bonchev–Trinajstić information content (AvgIpc) is 2.82. The van der Waals surface area contributed by atoms with E-state index in [1.807, 2.05) is 0 Å². The van der Waals surface area contributed by atoms with Crippen molar-refractivity contribution in [2.75, 3.05) is 18.8 Å². The van der Waals surface area contributed by atoms with Gasteiger partial charge in [-0.1, -0.05) is 6.42 Å². The first-order valence-electron chi connectivity index (χ1n) is 6.99. The summed E-state index contributed by atoms with van der Waals surface area (Å²) in [7, 11) is 0. The van der Waals surface area contributed by atoms with Crippen LogP contribution in [0.1, 0.15) is 36.4 Å². The lowest BCUT2D eigenvalue weighted by molar-refractivity contribution is -0.149. The molecule has 1 unspecified atom stereocenters. The number of nitrogen functional groups attached to an aromatic ring is 1. The molecular weight excluding hydrogens is 307 g/mol. The molecule has 9 heteroatoms. The van der Waals surface area contributed by atoms with Crippen LogP contribution in [0.25, 0.3) is 0 Å². The first-order chi connectivity index (χ1) is 10.2. The predicted octanol–water partition coefficient (Wildman–Crippen LogP) is 2.66. The standard InChI is InChI=1S/C13H15F5N4/c14-12(15)5-22(6-12)9-3-1-2-7(9)10-8(13(16,17)18)4-20-11(19)21-10/h4,7,9H,1-3,5-6H2,(H2,19,20,21)/t7-,9?/m0/s1. The molecule has 2 aliphatic rings. The van der Waals surface area contributed by atoms with Gasteiger partial charge >= 0.3 is 6.18 Å². The van der Waals surface area contributed by atoms with Crippen molar-refractivity contribution < 1.29 is 22.0 Å². The smallest absolute Gasteiger partial charge is 0.368 e. The summed E-state index contributed by atoms with van der Waals surface area (Å²) in [4.78, 5) is 8.74. The Morgan fingerprint density at radius 3 is 2.50 bits per heavy atom. The van der Waals surface area contributed by atoms with Crippen LogP contribution >= 0.6 is 0 Å². The number of anilines is 1. The van der Waals surface area contributed by atoms with E-state index in [0.29, 0.717) is 25.5 Å². The number of likely N-dealkylation sites (tertiary alicyclic amines) is 1. The van der Waals surface area contributed by atoms with Crippen LogP contribution in [0.5, 0.6) is 0 Å². The van der Waals surface area contributed by atoms with Gasteiger partial charge in [-0.25, -0.2) is 18.7 Å². The zero-order chi connectivity index (χ0) is 16.1. The topological polar surface area (TPSA) is 55.0 Å². The van der Waals surface area contributed by atoms with Crippen molar-refractivity contribution >= 4 is 5.95 Å². The highest BCUT2D eigenvalue weighted by molar-refractivity contribution is 5.32. The Bertz CT molecular complexity index is 566. The number of nitrogens with two attached hydrogens (primary N) is 1. The van der Waals surface area contributed by atoms with Crippen LogP contribution in [-0.2, 0) is 6.18 Å². The Kier molecular flexibility index (Phi) is 3.50. The highest BCUT2D eigenvalue weighted by atomic mass is 19.4. The fourth-order valence-electron chi connectivity index (χ4n) is 3.39. The second-order valence-corrected chi connectivity index (χ2v) is 5.89. The molecule has 1 aliphatic carbocycles. The molecule has 2 fully saturated rings. The molecule has 22 heavy (non-hydrogen) atoms. The largest absolute Gasteiger partial charge is 0.419 e. The molecule has 2 N–H and O–H groups in total. The van der Waals surface area contributed by atoms with E-state index in [-0.39, 0.29) is 17.7 Å². The Balaban J connectivity index is 1.91. The Morgan fingerprint density at radius 1 is 1.23 bits per heavy atom. The van der Waals surface area contributed by atoms with E-state index in [1.54, 1.807) is 0 Å². The summed E-state index contributed by atoms with van der Waals surface area (Å²) in [6, 6.07) is -0.352. The van der Waals surface area contributed by atoms with E-state index in [2.05, 4.69) is 9.97 Å². The molecular formula is C13H15F5N4. The normalized spacial score (nSPS) is 28.6. The highest BCUT2D eigenvalue weighted by Gasteiger charge is 2.50. The van der Waals surface area contributed by atoms with E-state index >= 15 is 0 Å². The lowest BCUT2D eigenvalue weighted by Gasteiger charge is -2.44. The summed E-state index contributed by atoms with van der Waals surface area (Å²) < 4.78 is 65.5. The van der Waals surface area contributed by atoms with Crippen molar-refractivity contribution in [3.63, 3.8) is 0 Å². The number of rotatable bonds is 2. The molecule has 0 radical (unpaired) electrons. The van der Waals surface area contributed by atoms with E-state index < -0.39 is 36.7 Å². The van der Waals surface area contributed by atoms with Gasteiger partial charge in [0.15, 0.2) is 0 Å². The highest BCUT2D eigenvalue weighted by Crippen LogP contribution is 2.45. The molecule has 2 atom stereocenters. The lowest BCUT2D eigenvalue weighted by atomic mass is 9.92. The van der Waals surface area contributed by atoms with Crippen LogP contribution < -0.4 is 5.73 Å². The van der Waals surface area contributed by atoms with Gasteiger partial charge in [0, 0.05) is 18.2 Å². The van der Waals surface area contributed by atoms with Crippen LogP contribution in [0.3, 0.4) is 0 Å². The number of aromatic nitrogens is 2. The molecule has 0 amide bonds. The minimum absolute atomic E-state index is 0.169. The molecule has 0 spiro atoms. The predicted molar refractivity (Wildman–Crippen MR) is 68.3 cm³/mol. The number of hydrogen-bond acceptors (Lipinski definition) is 4. The van der Waals surface area contributed by atoms with Crippen molar-refractivity contribution in [1.82, 2.24) is 14.9 Å². The van der Waals surface area contributed by atoms with Gasteiger partial charge in [0.25, 0.3) is 5.92 Å². The molecule has 4 nitrogen and oxygen atoms in total. The fraction of sp³-hybridized carbons (Fsp3) is 0.692. The maximum Gasteiger partial charge on any atom is 0.419 e. The molecule has 122 valence electrons. The Hall–Kier alpha value is -1.51. The first kappa shape index (κ1) is 15.4. The van der Waals surface area contributed by atoms with Crippen LogP contribution in [0.2, 0.25) is 0 Å². The molecule has 1 saturated heterocycles. The number of nitrogens with zero attached hydrogens (tertiary/aromatic N) is 3. The Morgan fingerprint density at radius 2 is 1.91 bits per heavy atom. The van der Waals surface area contributed by atoms with Crippen molar-refractivity contribution in [2.24, 2.45) is 0 Å². The van der Waals surface area contributed by atoms with E-state index in [0.717, 1.165) is 0 Å². The van der Waals surface area contributed by atoms with Gasteiger partial charge in [-0.15, -0.1) is 0 Å². The molecule has 0 aromatic carbocycles. The number of alkyl halides is 5. The van der Waals surface area contributed by atoms with Crippen molar-refractivity contribution in [3.05, 3.63) is 17.5 Å². The summed E-state index contributed by atoms with van der Waals surface area (Å²) in [5.41, 5.74) is 4.33. The van der Waals surface area contributed by atoms with Crippen molar-refractivity contribution in [3.8, 4) is 0 Å². The maximum atomic E-state index is 13.1. The van der Waals surface area contributed by atoms with Gasteiger partial charge in [0.2, 0.25) is 5.95 Å². The average molecular weight is 322 g/mol. The summed E-state index contributed by atoms with van der Waals surface area (Å²) in [6.45, 7) is -0.813. The van der Waals surface area contributed by atoms with E-state index in [9.17, 15) is 22.0 Å². The SMILES string of the molecule is Nc1ncc(C(F)(F)F)c([C@H]2CCCC2N2CC(F)(F)C2)n1. The number of hydrogen-bond donors (Lipinski definition) is 1. The minimum atomic E-state index is -4.59. The van der Waals surface area contributed by atoms with Crippen molar-refractivity contribution in [2.45, 2.75) is 43.3 Å². The third-order valence-electron chi connectivity index (χ3n) is 4.31. The van der Waals surface area contributed by atoms with Crippen molar-refractivity contribution in [1.29, 1.82) is 0 Å². The molecule has 1 aromatic heterocycles. The third-order valence-corrected chi connectivity index (χ3v) is 4.31. The molecule has 2 heterocycles. The van der Waals surface area contributed by atoms with Gasteiger partial charge in [0.1, 0.15) is 0 Å². The molecule has 3 rings (SSSR count).